The average Bonchev–Trinajstić information content (AvgIpc) is 2.20. The van der Waals surface area contributed by atoms with E-state index in [0.29, 0.717) is 11.3 Å². The molecule has 4 heteroatoms. The number of hydrogen-bond acceptors (Lipinski definition) is 3. The lowest BCUT2D eigenvalue weighted by Crippen LogP contribution is -2.21. The Hall–Kier alpha value is -1.55. The summed E-state index contributed by atoms with van der Waals surface area (Å²) in [6.07, 6.45) is 0. The second-order valence-corrected chi connectivity index (χ2v) is 3.37. The number of ether oxygens (including phenoxy) is 1. The molecule has 0 saturated heterocycles. The second kappa shape index (κ2) is 4.79. The molecule has 0 amide bonds. The number of benzene rings is 1. The topological polar surface area (TPSA) is 72.5 Å². The molecule has 0 saturated carbocycles. The molecular weight excluding hydrogens is 194 g/mol. The number of aliphatic carboxylic acids is 1. The van der Waals surface area contributed by atoms with Gasteiger partial charge in [-0.2, -0.15) is 0 Å². The molecule has 4 nitrogen and oxygen atoms in total. The standard InChI is InChI=1S/C11H15NO3/c1-7-3-4-8(10(5-7)15-2)9(6-12)11(13)14/h3-5,9H,6,12H2,1-2H3,(H,13,14). The molecule has 1 atom stereocenters. The highest BCUT2D eigenvalue weighted by atomic mass is 16.5. The molecule has 0 aliphatic rings. The van der Waals surface area contributed by atoms with Crippen LogP contribution in [0.3, 0.4) is 0 Å². The summed E-state index contributed by atoms with van der Waals surface area (Å²) in [6.45, 7) is 1.99. The lowest BCUT2D eigenvalue weighted by atomic mass is 9.97. The Morgan fingerprint density at radius 3 is 2.73 bits per heavy atom. The number of carboxylic acids is 1. The van der Waals surface area contributed by atoms with Gasteiger partial charge in [-0.05, 0) is 18.6 Å². The van der Waals surface area contributed by atoms with Crippen LogP contribution in [0.5, 0.6) is 5.75 Å². The monoisotopic (exact) mass is 209 g/mol. The van der Waals surface area contributed by atoms with E-state index in [0.717, 1.165) is 5.56 Å². The summed E-state index contributed by atoms with van der Waals surface area (Å²) in [4.78, 5) is 10.9. The lowest BCUT2D eigenvalue weighted by molar-refractivity contribution is -0.138. The van der Waals surface area contributed by atoms with Gasteiger partial charge in [0.25, 0.3) is 0 Å². The Morgan fingerprint density at radius 2 is 2.27 bits per heavy atom. The van der Waals surface area contributed by atoms with Gasteiger partial charge in [-0.25, -0.2) is 0 Å². The molecule has 1 aromatic carbocycles. The van der Waals surface area contributed by atoms with Gasteiger partial charge >= 0.3 is 5.97 Å². The Balaban J connectivity index is 3.16. The first kappa shape index (κ1) is 11.5. The van der Waals surface area contributed by atoms with Crippen LogP contribution < -0.4 is 10.5 Å². The van der Waals surface area contributed by atoms with Gasteiger partial charge in [0.2, 0.25) is 0 Å². The molecule has 0 aliphatic heterocycles. The quantitative estimate of drug-likeness (QED) is 0.779. The van der Waals surface area contributed by atoms with E-state index in [1.54, 1.807) is 12.1 Å². The number of nitrogens with two attached hydrogens (primary N) is 1. The van der Waals surface area contributed by atoms with Gasteiger partial charge in [-0.1, -0.05) is 12.1 Å². The van der Waals surface area contributed by atoms with Crippen molar-refractivity contribution in [3.63, 3.8) is 0 Å². The highest BCUT2D eigenvalue weighted by Gasteiger charge is 2.21. The van der Waals surface area contributed by atoms with E-state index in [9.17, 15) is 4.79 Å². The molecule has 82 valence electrons. The number of rotatable bonds is 4. The lowest BCUT2D eigenvalue weighted by Gasteiger charge is -2.14. The molecule has 0 spiro atoms. The van der Waals surface area contributed by atoms with Crippen molar-refractivity contribution >= 4 is 5.97 Å². The van der Waals surface area contributed by atoms with Crippen molar-refractivity contribution in [2.75, 3.05) is 13.7 Å². The highest BCUT2D eigenvalue weighted by molar-refractivity contribution is 5.77. The minimum Gasteiger partial charge on any atom is -0.496 e. The van der Waals surface area contributed by atoms with Crippen molar-refractivity contribution < 1.29 is 14.6 Å². The van der Waals surface area contributed by atoms with Crippen LogP contribution in [0.1, 0.15) is 17.0 Å². The smallest absolute Gasteiger partial charge is 0.312 e. The van der Waals surface area contributed by atoms with Crippen LogP contribution in [0, 0.1) is 6.92 Å². The molecule has 3 N–H and O–H groups in total. The normalized spacial score (nSPS) is 12.2. The summed E-state index contributed by atoms with van der Waals surface area (Å²) < 4.78 is 5.14. The maximum absolute atomic E-state index is 10.9. The van der Waals surface area contributed by atoms with E-state index in [-0.39, 0.29) is 6.54 Å². The van der Waals surface area contributed by atoms with Gasteiger partial charge in [-0.15, -0.1) is 0 Å². The summed E-state index contributed by atoms with van der Waals surface area (Å²) in [6, 6.07) is 5.41. The first-order valence-electron chi connectivity index (χ1n) is 4.67. The SMILES string of the molecule is COc1cc(C)ccc1C(CN)C(=O)O. The van der Waals surface area contributed by atoms with E-state index in [2.05, 4.69) is 0 Å². The maximum atomic E-state index is 10.9. The van der Waals surface area contributed by atoms with Gasteiger partial charge in [0.05, 0.1) is 13.0 Å². The van der Waals surface area contributed by atoms with Crippen molar-refractivity contribution in [1.82, 2.24) is 0 Å². The summed E-state index contributed by atoms with van der Waals surface area (Å²) in [7, 11) is 1.52. The summed E-state index contributed by atoms with van der Waals surface area (Å²) in [5, 5.41) is 8.98. The zero-order valence-electron chi connectivity index (χ0n) is 8.86. The third-order valence-electron chi connectivity index (χ3n) is 2.30. The third-order valence-corrected chi connectivity index (χ3v) is 2.30. The molecule has 1 aromatic rings. The van der Waals surface area contributed by atoms with E-state index in [1.165, 1.54) is 7.11 Å². The van der Waals surface area contributed by atoms with Crippen LogP contribution in [0.15, 0.2) is 18.2 Å². The first-order chi connectivity index (χ1) is 7.10. The van der Waals surface area contributed by atoms with Crippen LogP contribution in [0.25, 0.3) is 0 Å². The molecule has 0 bridgehead atoms. The van der Waals surface area contributed by atoms with Crippen molar-refractivity contribution in [3.8, 4) is 5.75 Å². The molecule has 1 unspecified atom stereocenters. The number of hydrogen-bond donors (Lipinski definition) is 2. The molecule has 0 aliphatic carbocycles. The molecular formula is C11H15NO3. The number of carboxylic acid groups (broad SMARTS) is 1. The predicted octanol–water partition coefficient (Wildman–Crippen LogP) is 1.13. The minimum atomic E-state index is -0.931. The van der Waals surface area contributed by atoms with Crippen molar-refractivity contribution in [2.24, 2.45) is 5.73 Å². The Kier molecular flexibility index (Phi) is 3.68. The van der Waals surface area contributed by atoms with Crippen LogP contribution >= 0.6 is 0 Å². The molecule has 0 fully saturated rings. The molecule has 0 heterocycles. The zero-order valence-corrected chi connectivity index (χ0v) is 8.86. The Labute approximate surface area is 88.7 Å². The van der Waals surface area contributed by atoms with Gasteiger partial charge in [-0.3, -0.25) is 4.79 Å². The van der Waals surface area contributed by atoms with Gasteiger partial charge in [0.15, 0.2) is 0 Å². The first-order valence-corrected chi connectivity index (χ1v) is 4.67. The fourth-order valence-corrected chi connectivity index (χ4v) is 1.47. The average molecular weight is 209 g/mol. The fourth-order valence-electron chi connectivity index (χ4n) is 1.47. The number of aryl methyl sites for hydroxylation is 1. The van der Waals surface area contributed by atoms with Crippen molar-refractivity contribution in [2.45, 2.75) is 12.8 Å². The van der Waals surface area contributed by atoms with E-state index >= 15 is 0 Å². The summed E-state index contributed by atoms with van der Waals surface area (Å²) in [5.41, 5.74) is 7.08. The maximum Gasteiger partial charge on any atom is 0.312 e. The molecule has 1 rings (SSSR count). The third kappa shape index (κ3) is 2.47. The van der Waals surface area contributed by atoms with E-state index < -0.39 is 11.9 Å². The van der Waals surface area contributed by atoms with Crippen molar-refractivity contribution in [3.05, 3.63) is 29.3 Å². The number of carbonyl (C=O) groups is 1. The van der Waals surface area contributed by atoms with Gasteiger partial charge in [0, 0.05) is 12.1 Å². The molecule has 0 radical (unpaired) electrons. The Bertz CT molecular complexity index is 363. The van der Waals surface area contributed by atoms with Gasteiger partial charge < -0.3 is 15.6 Å². The largest absolute Gasteiger partial charge is 0.496 e. The minimum absolute atomic E-state index is 0.0642. The zero-order chi connectivity index (χ0) is 11.4. The molecule has 0 aromatic heterocycles. The predicted molar refractivity (Wildman–Crippen MR) is 57.2 cm³/mol. The Morgan fingerprint density at radius 1 is 1.60 bits per heavy atom. The van der Waals surface area contributed by atoms with Crippen LogP contribution in [-0.2, 0) is 4.79 Å². The van der Waals surface area contributed by atoms with Crippen LogP contribution in [0.2, 0.25) is 0 Å². The van der Waals surface area contributed by atoms with Gasteiger partial charge in [0.1, 0.15) is 5.75 Å². The summed E-state index contributed by atoms with van der Waals surface area (Å²) in [5.74, 6) is -1.06. The van der Waals surface area contributed by atoms with Crippen molar-refractivity contribution in [1.29, 1.82) is 0 Å². The second-order valence-electron chi connectivity index (χ2n) is 3.37. The summed E-state index contributed by atoms with van der Waals surface area (Å²) >= 11 is 0. The number of methoxy groups -OCH3 is 1. The van der Waals surface area contributed by atoms with E-state index in [1.807, 2.05) is 13.0 Å². The van der Waals surface area contributed by atoms with E-state index in [4.69, 9.17) is 15.6 Å². The fraction of sp³-hybridized carbons (Fsp3) is 0.364. The highest BCUT2D eigenvalue weighted by Crippen LogP contribution is 2.27. The van der Waals surface area contributed by atoms with Crippen LogP contribution in [0.4, 0.5) is 0 Å². The van der Waals surface area contributed by atoms with Crippen LogP contribution in [-0.4, -0.2) is 24.7 Å². The molecule has 15 heavy (non-hydrogen) atoms.